The molecular weight excluding hydrogens is 697 g/mol. The normalized spacial score (nSPS) is 21.7. The number of carboxylic acids is 1. The summed E-state index contributed by atoms with van der Waals surface area (Å²) < 4.78 is 89.5. The van der Waals surface area contributed by atoms with E-state index in [4.69, 9.17) is 4.74 Å². The molecule has 5 heterocycles. The first-order valence-corrected chi connectivity index (χ1v) is 17.4. The van der Waals surface area contributed by atoms with E-state index in [0.29, 0.717) is 24.2 Å². The summed E-state index contributed by atoms with van der Waals surface area (Å²) in [5, 5.41) is 13.0. The van der Waals surface area contributed by atoms with Crippen molar-refractivity contribution < 1.29 is 50.6 Å². The van der Waals surface area contributed by atoms with Gasteiger partial charge in [-0.05, 0) is 68.7 Å². The standard InChI is InChI=1S/C33H35F6N3O5S2/c1-4-7-23-31(47-20-16-24(49-18-20)33(37,38)39,11-6-13-42(23)27(43)25-21(32(34,35)36)8-5-12-40-25)28(44)41-14-9-19-10-15-48-26(19)22(41)17-30(2,3)29(45)46/h5,8,10,12,15-16,18,22-23H,4,6-7,9,11,13-14,17H2,1-3H3,(H,45,46)/t22?,23-,31+/m1/s1. The van der Waals surface area contributed by atoms with Crippen LogP contribution in [0.25, 0.3) is 0 Å². The van der Waals surface area contributed by atoms with Crippen LogP contribution >= 0.6 is 22.7 Å². The van der Waals surface area contributed by atoms with Crippen molar-refractivity contribution in [2.75, 3.05) is 13.1 Å². The molecule has 0 bridgehead atoms. The Labute approximate surface area is 286 Å². The lowest BCUT2D eigenvalue weighted by molar-refractivity contribution is -0.164. The number of piperidine rings is 1. The Hall–Kier alpha value is -3.66. The molecular formula is C33H35F6N3O5S2. The van der Waals surface area contributed by atoms with Crippen LogP contribution in [0.4, 0.5) is 26.3 Å². The molecule has 1 N–H and O–H groups in total. The Morgan fingerprint density at radius 3 is 2.43 bits per heavy atom. The lowest BCUT2D eigenvalue weighted by Crippen LogP contribution is -2.68. The molecule has 0 aliphatic carbocycles. The van der Waals surface area contributed by atoms with Gasteiger partial charge in [0.25, 0.3) is 11.8 Å². The highest BCUT2D eigenvalue weighted by Crippen LogP contribution is 2.47. The molecule has 2 aliphatic heterocycles. The number of hydrogen-bond donors (Lipinski definition) is 1. The number of aliphatic carboxylic acids is 1. The number of carboxylic acid groups (broad SMARTS) is 1. The number of amides is 2. The first-order chi connectivity index (χ1) is 22.9. The SMILES string of the molecule is CCC[C@H]1N(C(=O)c2ncccc2C(F)(F)F)CCC[C@@]1(Oc1csc(C(F)(F)F)c1)C(=O)N1CCc2ccsc2C1CC(C)(C)C(=O)O. The maximum atomic E-state index is 15.2. The third-order valence-electron chi connectivity index (χ3n) is 9.14. The summed E-state index contributed by atoms with van der Waals surface area (Å²) >= 11 is 1.71. The molecule has 49 heavy (non-hydrogen) atoms. The molecule has 2 aliphatic rings. The van der Waals surface area contributed by atoms with Gasteiger partial charge < -0.3 is 19.6 Å². The predicted octanol–water partition coefficient (Wildman–Crippen LogP) is 8.09. The fourth-order valence-electron chi connectivity index (χ4n) is 6.72. The molecule has 0 saturated carbocycles. The Kier molecular flexibility index (Phi) is 10.1. The molecule has 1 unspecified atom stereocenters. The lowest BCUT2D eigenvalue weighted by atomic mass is 9.78. The van der Waals surface area contributed by atoms with Crippen molar-refractivity contribution in [3.8, 4) is 5.75 Å². The van der Waals surface area contributed by atoms with Crippen LogP contribution in [0, 0.1) is 5.41 Å². The quantitative estimate of drug-likeness (QED) is 0.224. The van der Waals surface area contributed by atoms with Crippen LogP contribution < -0.4 is 4.74 Å². The zero-order chi connectivity index (χ0) is 35.9. The second-order valence-corrected chi connectivity index (χ2v) is 14.8. The van der Waals surface area contributed by atoms with Crippen LogP contribution in [0.5, 0.6) is 5.75 Å². The van der Waals surface area contributed by atoms with E-state index in [1.165, 1.54) is 30.1 Å². The Bertz CT molecular complexity index is 1700. The minimum Gasteiger partial charge on any atom is -0.481 e. The van der Waals surface area contributed by atoms with Gasteiger partial charge in [0.15, 0.2) is 0 Å². The fourth-order valence-corrected chi connectivity index (χ4v) is 8.47. The van der Waals surface area contributed by atoms with E-state index in [0.717, 1.165) is 45.1 Å². The molecule has 3 atom stereocenters. The van der Waals surface area contributed by atoms with Gasteiger partial charge in [-0.15, -0.1) is 22.7 Å². The third-order valence-corrected chi connectivity index (χ3v) is 11.2. The monoisotopic (exact) mass is 731 g/mol. The first kappa shape index (κ1) is 36.6. The molecule has 3 aromatic heterocycles. The van der Waals surface area contributed by atoms with Crippen molar-refractivity contribution in [3.05, 3.63) is 67.8 Å². The molecule has 0 spiro atoms. The van der Waals surface area contributed by atoms with E-state index in [9.17, 15) is 41.0 Å². The van der Waals surface area contributed by atoms with Crippen LogP contribution in [-0.4, -0.2) is 62.4 Å². The number of rotatable bonds is 9. The van der Waals surface area contributed by atoms with E-state index in [-0.39, 0.29) is 44.5 Å². The van der Waals surface area contributed by atoms with Crippen LogP contribution in [0.1, 0.15) is 90.3 Å². The summed E-state index contributed by atoms with van der Waals surface area (Å²) in [5.41, 5.74) is -4.51. The maximum absolute atomic E-state index is 15.2. The van der Waals surface area contributed by atoms with Gasteiger partial charge in [0, 0.05) is 42.0 Å². The molecule has 5 rings (SSSR count). The minimum atomic E-state index is -4.92. The number of ether oxygens (including phenoxy) is 1. The van der Waals surface area contributed by atoms with Crippen molar-refractivity contribution in [1.82, 2.24) is 14.8 Å². The summed E-state index contributed by atoms with van der Waals surface area (Å²) in [6.45, 7) is 4.87. The molecule has 1 fully saturated rings. The molecule has 266 valence electrons. The number of thiophene rings is 2. The Morgan fingerprint density at radius 2 is 1.80 bits per heavy atom. The molecule has 1 saturated heterocycles. The smallest absolute Gasteiger partial charge is 0.425 e. The predicted molar refractivity (Wildman–Crippen MR) is 169 cm³/mol. The van der Waals surface area contributed by atoms with Gasteiger partial charge in [-0.2, -0.15) is 26.3 Å². The topological polar surface area (TPSA) is 100 Å². The summed E-state index contributed by atoms with van der Waals surface area (Å²) in [7, 11) is 0. The van der Waals surface area contributed by atoms with Gasteiger partial charge in [-0.25, -0.2) is 0 Å². The largest absolute Gasteiger partial charge is 0.481 e. The number of halogens is 6. The zero-order valence-electron chi connectivity index (χ0n) is 26.9. The average Bonchev–Trinajstić information content (AvgIpc) is 3.71. The van der Waals surface area contributed by atoms with Crippen molar-refractivity contribution in [2.24, 2.45) is 5.41 Å². The van der Waals surface area contributed by atoms with E-state index >= 15 is 4.79 Å². The van der Waals surface area contributed by atoms with Gasteiger partial charge in [0.1, 0.15) is 16.3 Å². The Balaban J connectivity index is 1.65. The van der Waals surface area contributed by atoms with Crippen molar-refractivity contribution >= 4 is 40.5 Å². The number of nitrogens with zero attached hydrogens (tertiary/aromatic N) is 3. The zero-order valence-corrected chi connectivity index (χ0v) is 28.5. The highest BCUT2D eigenvalue weighted by Gasteiger charge is 2.57. The number of likely N-dealkylation sites (tertiary alicyclic amines) is 1. The average molecular weight is 732 g/mol. The summed E-state index contributed by atoms with van der Waals surface area (Å²) in [5.74, 6) is -3.13. The molecule has 8 nitrogen and oxygen atoms in total. The number of hydrogen-bond acceptors (Lipinski definition) is 7. The van der Waals surface area contributed by atoms with Crippen LogP contribution in [0.2, 0.25) is 0 Å². The minimum absolute atomic E-state index is 0.00168. The number of fused-ring (bicyclic) bond motifs is 1. The fraction of sp³-hybridized carbons (Fsp3) is 0.515. The van der Waals surface area contributed by atoms with Gasteiger partial charge in [-0.3, -0.25) is 19.4 Å². The van der Waals surface area contributed by atoms with Crippen molar-refractivity contribution in [3.63, 3.8) is 0 Å². The van der Waals surface area contributed by atoms with Gasteiger partial charge >= 0.3 is 18.3 Å². The first-order valence-electron chi connectivity index (χ1n) is 15.7. The molecule has 0 radical (unpaired) electrons. The number of carbonyl (C=O) groups excluding carboxylic acids is 2. The number of pyridine rings is 1. The third kappa shape index (κ3) is 7.16. The van der Waals surface area contributed by atoms with E-state index in [1.54, 1.807) is 6.92 Å². The Morgan fingerprint density at radius 1 is 1.06 bits per heavy atom. The molecule has 3 aromatic rings. The highest BCUT2D eigenvalue weighted by molar-refractivity contribution is 7.10. The van der Waals surface area contributed by atoms with Crippen LogP contribution in [-0.2, 0) is 28.4 Å². The second-order valence-electron chi connectivity index (χ2n) is 12.9. The van der Waals surface area contributed by atoms with Gasteiger partial charge in [-0.1, -0.05) is 13.3 Å². The van der Waals surface area contributed by atoms with E-state index < -0.39 is 69.4 Å². The van der Waals surface area contributed by atoms with E-state index in [2.05, 4.69) is 4.98 Å². The number of alkyl halides is 6. The maximum Gasteiger partial charge on any atom is 0.425 e. The summed E-state index contributed by atoms with van der Waals surface area (Å²) in [4.78, 5) is 47.7. The van der Waals surface area contributed by atoms with Crippen molar-refractivity contribution in [1.29, 1.82) is 0 Å². The van der Waals surface area contributed by atoms with Crippen molar-refractivity contribution in [2.45, 2.75) is 89.3 Å². The highest BCUT2D eigenvalue weighted by atomic mass is 32.1. The van der Waals surface area contributed by atoms with Crippen LogP contribution in [0.15, 0.2) is 41.2 Å². The second kappa shape index (κ2) is 13.6. The number of aromatic nitrogens is 1. The van der Waals surface area contributed by atoms with Gasteiger partial charge in [0.05, 0.1) is 23.1 Å². The van der Waals surface area contributed by atoms with Gasteiger partial charge in [0.2, 0.25) is 5.60 Å². The van der Waals surface area contributed by atoms with E-state index in [1.807, 2.05) is 11.4 Å². The van der Waals surface area contributed by atoms with Crippen LogP contribution in [0.3, 0.4) is 0 Å². The molecule has 0 aromatic carbocycles. The summed E-state index contributed by atoms with van der Waals surface area (Å²) in [6.07, 6.45) is -7.75. The number of carbonyl (C=O) groups is 3. The lowest BCUT2D eigenvalue weighted by Gasteiger charge is -2.51. The summed E-state index contributed by atoms with van der Waals surface area (Å²) in [6, 6.07) is 2.49. The molecule has 16 heteroatoms. The molecule has 2 amide bonds.